The first-order valence-corrected chi connectivity index (χ1v) is 10.0. The van der Waals surface area contributed by atoms with E-state index < -0.39 is 16.1 Å². The van der Waals surface area contributed by atoms with E-state index in [1.807, 2.05) is 13.8 Å². The third kappa shape index (κ3) is 6.07. The summed E-state index contributed by atoms with van der Waals surface area (Å²) in [7, 11) is -3.64. The molecule has 132 valence electrons. The number of hydrogen-bond donors (Lipinski definition) is 1. The van der Waals surface area contributed by atoms with Crippen molar-refractivity contribution in [3.63, 3.8) is 0 Å². The summed E-state index contributed by atoms with van der Waals surface area (Å²) < 4.78 is 27.4. The normalized spacial score (nSPS) is 13.7. The molecule has 0 spiro atoms. The summed E-state index contributed by atoms with van der Waals surface area (Å²) in [4.78, 5) is 0.223. The number of aliphatic hydroxyl groups excluding tert-OH is 1. The Morgan fingerprint density at radius 1 is 1.17 bits per heavy atom. The molecule has 6 heteroatoms. The summed E-state index contributed by atoms with van der Waals surface area (Å²) in [6, 6.07) is 5.81. The Morgan fingerprint density at radius 2 is 1.78 bits per heavy atom. The van der Waals surface area contributed by atoms with Crippen LogP contribution in [0.25, 0.3) is 0 Å². The summed E-state index contributed by atoms with van der Waals surface area (Å²) in [5, 5.41) is 10.2. The largest absolute Gasteiger partial charge is 0.395 e. The van der Waals surface area contributed by atoms with Crippen molar-refractivity contribution in [3.05, 3.63) is 29.3 Å². The first-order valence-electron chi connectivity index (χ1n) is 8.21. The van der Waals surface area contributed by atoms with Crippen LogP contribution in [0.15, 0.2) is 29.2 Å². The lowest BCUT2D eigenvalue weighted by Crippen LogP contribution is -2.43. The minimum Gasteiger partial charge on any atom is -0.395 e. The van der Waals surface area contributed by atoms with E-state index in [4.69, 9.17) is 11.6 Å². The van der Waals surface area contributed by atoms with E-state index >= 15 is 0 Å². The van der Waals surface area contributed by atoms with Gasteiger partial charge in [0, 0.05) is 17.6 Å². The van der Waals surface area contributed by atoms with Crippen molar-refractivity contribution < 1.29 is 13.5 Å². The Bertz CT molecular complexity index is 558. The number of halogens is 1. The highest BCUT2D eigenvalue weighted by atomic mass is 35.5. The fourth-order valence-corrected chi connectivity index (χ4v) is 4.38. The molecule has 0 aromatic heterocycles. The molecule has 0 aliphatic carbocycles. The van der Waals surface area contributed by atoms with E-state index in [1.54, 1.807) is 12.1 Å². The molecule has 1 N–H and O–H groups in total. The van der Waals surface area contributed by atoms with Gasteiger partial charge in [0.1, 0.15) is 0 Å². The van der Waals surface area contributed by atoms with Crippen LogP contribution in [-0.4, -0.2) is 37.0 Å². The van der Waals surface area contributed by atoms with Crippen LogP contribution in [0.4, 0.5) is 0 Å². The lowest BCUT2D eigenvalue weighted by Gasteiger charge is -2.31. The van der Waals surface area contributed by atoms with Gasteiger partial charge in [0.25, 0.3) is 0 Å². The maximum atomic E-state index is 13.0. The van der Waals surface area contributed by atoms with E-state index in [9.17, 15) is 13.5 Å². The number of rotatable bonds is 10. The van der Waals surface area contributed by atoms with Crippen LogP contribution in [0, 0.1) is 5.92 Å². The first-order chi connectivity index (χ1) is 10.8. The molecule has 4 nitrogen and oxygen atoms in total. The summed E-state index contributed by atoms with van der Waals surface area (Å²) >= 11 is 5.85. The van der Waals surface area contributed by atoms with Gasteiger partial charge in [0.2, 0.25) is 10.0 Å². The van der Waals surface area contributed by atoms with Gasteiger partial charge in [-0.15, -0.1) is 0 Å². The van der Waals surface area contributed by atoms with Crippen molar-refractivity contribution in [1.29, 1.82) is 0 Å². The summed E-state index contributed by atoms with van der Waals surface area (Å²) in [5.41, 5.74) is 0. The topological polar surface area (TPSA) is 57.6 Å². The molecule has 0 amide bonds. The zero-order valence-electron chi connectivity index (χ0n) is 14.2. The predicted molar refractivity (Wildman–Crippen MR) is 95.2 cm³/mol. The Kier molecular flexibility index (Phi) is 8.54. The zero-order valence-corrected chi connectivity index (χ0v) is 15.8. The highest BCUT2D eigenvalue weighted by Gasteiger charge is 2.31. The predicted octanol–water partition coefficient (Wildman–Crippen LogP) is 3.93. The van der Waals surface area contributed by atoms with Gasteiger partial charge in [0.05, 0.1) is 11.5 Å². The van der Waals surface area contributed by atoms with Gasteiger partial charge < -0.3 is 5.11 Å². The van der Waals surface area contributed by atoms with Crippen LogP contribution in [0.5, 0.6) is 0 Å². The number of benzene rings is 1. The molecular formula is C17H28ClNO3S. The molecule has 0 saturated heterocycles. The third-order valence-corrected chi connectivity index (χ3v) is 5.98. The molecule has 23 heavy (non-hydrogen) atoms. The number of nitrogens with zero attached hydrogens (tertiary/aromatic N) is 1. The monoisotopic (exact) mass is 361 g/mol. The minimum atomic E-state index is -3.64. The second-order valence-corrected chi connectivity index (χ2v) is 8.57. The van der Waals surface area contributed by atoms with E-state index in [-0.39, 0.29) is 11.5 Å². The Morgan fingerprint density at radius 3 is 2.26 bits per heavy atom. The van der Waals surface area contributed by atoms with Crippen molar-refractivity contribution >= 4 is 21.6 Å². The maximum absolute atomic E-state index is 13.0. The zero-order chi connectivity index (χ0) is 17.5. The minimum absolute atomic E-state index is 0.170. The van der Waals surface area contributed by atoms with Gasteiger partial charge in [-0.1, -0.05) is 45.2 Å². The molecule has 1 atom stereocenters. The van der Waals surface area contributed by atoms with Crippen molar-refractivity contribution in [2.45, 2.75) is 57.4 Å². The summed E-state index contributed by atoms with van der Waals surface area (Å²) in [6.07, 6.45) is 3.41. The van der Waals surface area contributed by atoms with E-state index in [1.165, 1.54) is 16.4 Å². The highest BCUT2D eigenvalue weighted by Crippen LogP contribution is 2.24. The van der Waals surface area contributed by atoms with E-state index in [2.05, 4.69) is 6.92 Å². The van der Waals surface area contributed by atoms with Crippen molar-refractivity contribution in [2.24, 2.45) is 5.92 Å². The van der Waals surface area contributed by atoms with Crippen LogP contribution in [0.3, 0.4) is 0 Å². The Balaban J connectivity index is 3.11. The lowest BCUT2D eigenvalue weighted by atomic mass is 10.0. The smallest absolute Gasteiger partial charge is 0.243 e. The van der Waals surface area contributed by atoms with Crippen molar-refractivity contribution in [1.82, 2.24) is 4.31 Å². The van der Waals surface area contributed by atoms with Gasteiger partial charge >= 0.3 is 0 Å². The standard InChI is InChI=1S/C17H28ClNO3S/c1-4-5-6-11-19(16(13-20)12-14(2)3)23(21,22)17-9-7-15(18)8-10-17/h7-10,14,16,20H,4-6,11-13H2,1-3H3/t16-/m1/s1. The average molecular weight is 362 g/mol. The maximum Gasteiger partial charge on any atom is 0.243 e. The van der Waals surface area contributed by atoms with Gasteiger partial charge in [-0.25, -0.2) is 8.42 Å². The average Bonchev–Trinajstić information content (AvgIpc) is 2.49. The quantitative estimate of drug-likeness (QED) is 0.642. The van der Waals surface area contributed by atoms with Crippen LogP contribution in [0.1, 0.15) is 46.5 Å². The molecular weight excluding hydrogens is 334 g/mol. The molecule has 1 aromatic carbocycles. The number of hydrogen-bond acceptors (Lipinski definition) is 3. The molecule has 0 fully saturated rings. The van der Waals surface area contributed by atoms with Gasteiger partial charge in [-0.3, -0.25) is 0 Å². The molecule has 1 aromatic rings. The molecule has 0 heterocycles. The molecule has 0 aliphatic rings. The third-order valence-electron chi connectivity index (χ3n) is 3.76. The Hall–Kier alpha value is -0.620. The lowest BCUT2D eigenvalue weighted by molar-refractivity contribution is 0.166. The molecule has 0 radical (unpaired) electrons. The SMILES string of the molecule is CCCCCN([C@@H](CO)CC(C)C)S(=O)(=O)c1ccc(Cl)cc1. The van der Waals surface area contributed by atoms with Gasteiger partial charge in [-0.05, 0) is 43.0 Å². The van der Waals surface area contributed by atoms with Gasteiger partial charge in [-0.2, -0.15) is 4.31 Å². The fourth-order valence-electron chi connectivity index (χ4n) is 2.59. The molecule has 0 unspecified atom stereocenters. The second kappa shape index (κ2) is 9.62. The van der Waals surface area contributed by atoms with Crippen LogP contribution in [0.2, 0.25) is 5.02 Å². The van der Waals surface area contributed by atoms with Crippen molar-refractivity contribution in [3.8, 4) is 0 Å². The number of unbranched alkanes of at least 4 members (excludes halogenated alkanes) is 2. The van der Waals surface area contributed by atoms with Crippen molar-refractivity contribution in [2.75, 3.05) is 13.2 Å². The fraction of sp³-hybridized carbons (Fsp3) is 0.647. The molecule has 0 aliphatic heterocycles. The molecule has 1 rings (SSSR count). The highest BCUT2D eigenvalue weighted by molar-refractivity contribution is 7.89. The van der Waals surface area contributed by atoms with Crippen LogP contribution in [-0.2, 0) is 10.0 Å². The second-order valence-electron chi connectivity index (χ2n) is 6.24. The molecule has 0 saturated carbocycles. The van der Waals surface area contributed by atoms with Crippen LogP contribution < -0.4 is 0 Å². The summed E-state index contributed by atoms with van der Waals surface area (Å²) in [6.45, 7) is 6.40. The van der Waals surface area contributed by atoms with Crippen LogP contribution >= 0.6 is 11.6 Å². The number of aliphatic hydroxyl groups is 1. The molecule has 0 bridgehead atoms. The van der Waals surface area contributed by atoms with E-state index in [0.717, 1.165) is 19.3 Å². The summed E-state index contributed by atoms with van der Waals surface area (Å²) in [5.74, 6) is 0.307. The van der Waals surface area contributed by atoms with E-state index in [0.29, 0.717) is 23.9 Å². The van der Waals surface area contributed by atoms with Gasteiger partial charge in [0.15, 0.2) is 0 Å². The first kappa shape index (κ1) is 20.4. The Labute approximate surface area is 145 Å². The number of sulfonamides is 1.